The molecule has 0 saturated heterocycles. The summed E-state index contributed by atoms with van der Waals surface area (Å²) in [6.07, 6.45) is -4.87. The van der Waals surface area contributed by atoms with Crippen LogP contribution < -0.4 is 10.6 Å². The van der Waals surface area contributed by atoms with E-state index in [-0.39, 0.29) is 5.69 Å². The molecule has 2 aromatic heterocycles. The molecule has 31 heavy (non-hydrogen) atoms. The number of benzene rings is 2. The lowest BCUT2D eigenvalue weighted by Gasteiger charge is -2.12. The van der Waals surface area contributed by atoms with Gasteiger partial charge in [0.25, 0.3) is 0 Å². The number of hydrogen-bond donors (Lipinski definition) is 2. The number of carbonyl (C=O) groups is 1. The van der Waals surface area contributed by atoms with E-state index >= 15 is 0 Å². The SMILES string of the molecule is Cc1nnc2ccc(-c3cccc(NC(=O)Nc4ccc(F)c(C(F)(F)F)c4)c3)nn12. The molecule has 2 N–H and O–H groups in total. The van der Waals surface area contributed by atoms with Gasteiger partial charge in [-0.15, -0.1) is 10.2 Å². The van der Waals surface area contributed by atoms with Crippen molar-refractivity contribution in [2.24, 2.45) is 0 Å². The maximum Gasteiger partial charge on any atom is 0.419 e. The zero-order valence-corrected chi connectivity index (χ0v) is 15.9. The molecule has 0 aliphatic carbocycles. The molecular formula is C20H14F4N6O. The number of nitrogens with zero attached hydrogens (tertiary/aromatic N) is 4. The number of rotatable bonds is 3. The second-order valence-corrected chi connectivity index (χ2v) is 6.59. The summed E-state index contributed by atoms with van der Waals surface area (Å²) < 4.78 is 53.5. The summed E-state index contributed by atoms with van der Waals surface area (Å²) in [6.45, 7) is 1.76. The van der Waals surface area contributed by atoms with Crippen molar-refractivity contribution in [3.05, 3.63) is 71.8 Å². The summed E-state index contributed by atoms with van der Waals surface area (Å²) in [5.41, 5.74) is 0.611. The fraction of sp³-hybridized carbons (Fsp3) is 0.100. The van der Waals surface area contributed by atoms with Gasteiger partial charge in [-0.2, -0.15) is 22.8 Å². The minimum atomic E-state index is -4.87. The molecule has 0 spiro atoms. The lowest BCUT2D eigenvalue weighted by Crippen LogP contribution is -2.20. The summed E-state index contributed by atoms with van der Waals surface area (Å²) in [4.78, 5) is 12.2. The number of aromatic nitrogens is 4. The Hall–Kier alpha value is -4.02. The molecule has 0 unspecified atom stereocenters. The van der Waals surface area contributed by atoms with E-state index in [1.807, 2.05) is 0 Å². The predicted molar refractivity (Wildman–Crippen MR) is 105 cm³/mol. The number of hydrogen-bond acceptors (Lipinski definition) is 4. The highest BCUT2D eigenvalue weighted by molar-refractivity contribution is 6.00. The fourth-order valence-electron chi connectivity index (χ4n) is 2.92. The Labute approximate surface area is 172 Å². The van der Waals surface area contributed by atoms with Crippen LogP contribution in [0.4, 0.5) is 33.7 Å². The smallest absolute Gasteiger partial charge is 0.308 e. The average molecular weight is 430 g/mol. The highest BCUT2D eigenvalue weighted by atomic mass is 19.4. The monoisotopic (exact) mass is 430 g/mol. The van der Waals surface area contributed by atoms with Crippen molar-refractivity contribution in [3.63, 3.8) is 0 Å². The normalized spacial score (nSPS) is 11.5. The quantitative estimate of drug-likeness (QED) is 0.453. The Morgan fingerprint density at radius 3 is 2.45 bits per heavy atom. The molecule has 2 amide bonds. The van der Waals surface area contributed by atoms with Gasteiger partial charge in [0, 0.05) is 16.9 Å². The predicted octanol–water partition coefficient (Wildman–Crippen LogP) is 4.90. The van der Waals surface area contributed by atoms with Gasteiger partial charge in [-0.25, -0.2) is 9.18 Å². The Bertz CT molecular complexity index is 1280. The van der Waals surface area contributed by atoms with E-state index in [9.17, 15) is 22.4 Å². The summed E-state index contributed by atoms with van der Waals surface area (Å²) in [5, 5.41) is 17.2. The molecule has 7 nitrogen and oxygen atoms in total. The average Bonchev–Trinajstić information content (AvgIpc) is 3.09. The highest BCUT2D eigenvalue weighted by Gasteiger charge is 2.34. The van der Waals surface area contributed by atoms with Gasteiger partial charge >= 0.3 is 12.2 Å². The van der Waals surface area contributed by atoms with E-state index in [2.05, 4.69) is 25.9 Å². The van der Waals surface area contributed by atoms with Crippen molar-refractivity contribution in [1.29, 1.82) is 0 Å². The van der Waals surface area contributed by atoms with Crippen LogP contribution in [0.15, 0.2) is 54.6 Å². The molecule has 0 fully saturated rings. The Kier molecular flexibility index (Phi) is 5.01. The van der Waals surface area contributed by atoms with Crippen LogP contribution in [0.25, 0.3) is 16.9 Å². The molecule has 4 rings (SSSR count). The van der Waals surface area contributed by atoms with Gasteiger partial charge in [0.05, 0.1) is 11.3 Å². The molecular weight excluding hydrogens is 416 g/mol. The van der Waals surface area contributed by atoms with Crippen LogP contribution in [-0.4, -0.2) is 25.8 Å². The molecule has 0 saturated carbocycles. The van der Waals surface area contributed by atoms with E-state index in [1.54, 1.807) is 47.8 Å². The first-order chi connectivity index (χ1) is 14.7. The van der Waals surface area contributed by atoms with Gasteiger partial charge in [-0.3, -0.25) is 0 Å². The second-order valence-electron chi connectivity index (χ2n) is 6.59. The first-order valence-electron chi connectivity index (χ1n) is 8.95. The molecule has 11 heteroatoms. The third kappa shape index (κ3) is 4.29. The number of fused-ring (bicyclic) bond motifs is 1. The first kappa shape index (κ1) is 20.3. The number of nitrogens with one attached hydrogen (secondary N) is 2. The molecule has 158 valence electrons. The van der Waals surface area contributed by atoms with Crippen molar-refractivity contribution in [2.75, 3.05) is 10.6 Å². The molecule has 2 heterocycles. The van der Waals surface area contributed by atoms with Crippen LogP contribution >= 0.6 is 0 Å². The minimum Gasteiger partial charge on any atom is -0.308 e. The molecule has 4 aromatic rings. The summed E-state index contributed by atoms with van der Waals surface area (Å²) in [6, 6.07) is 11.7. The van der Waals surface area contributed by atoms with Crippen LogP contribution in [0.2, 0.25) is 0 Å². The number of amides is 2. The highest BCUT2D eigenvalue weighted by Crippen LogP contribution is 2.33. The lowest BCUT2D eigenvalue weighted by molar-refractivity contribution is -0.139. The van der Waals surface area contributed by atoms with Gasteiger partial charge in [-0.05, 0) is 49.4 Å². The van der Waals surface area contributed by atoms with Crippen LogP contribution in [0.3, 0.4) is 0 Å². The van der Waals surface area contributed by atoms with Crippen LogP contribution in [-0.2, 0) is 6.18 Å². The van der Waals surface area contributed by atoms with Crippen molar-refractivity contribution in [3.8, 4) is 11.3 Å². The van der Waals surface area contributed by atoms with E-state index in [1.165, 1.54) is 0 Å². The van der Waals surface area contributed by atoms with Crippen LogP contribution in [0, 0.1) is 12.7 Å². The van der Waals surface area contributed by atoms with E-state index < -0.39 is 23.6 Å². The first-order valence-corrected chi connectivity index (χ1v) is 8.95. The number of carbonyl (C=O) groups excluding carboxylic acids is 1. The summed E-state index contributed by atoms with van der Waals surface area (Å²) >= 11 is 0. The van der Waals surface area contributed by atoms with Gasteiger partial charge in [0.15, 0.2) is 11.5 Å². The van der Waals surface area contributed by atoms with Crippen LogP contribution in [0.5, 0.6) is 0 Å². The number of urea groups is 1. The second kappa shape index (κ2) is 7.67. The standard InChI is InChI=1S/C20H14F4N6O/c1-11-27-28-18-8-7-17(29-30(11)18)12-3-2-4-13(9-12)25-19(31)26-14-5-6-16(21)15(10-14)20(22,23)24/h2-10H,1H3,(H2,25,26,31). The maximum absolute atomic E-state index is 13.4. The minimum absolute atomic E-state index is 0.197. The van der Waals surface area contributed by atoms with Crippen molar-refractivity contribution in [2.45, 2.75) is 13.1 Å². The summed E-state index contributed by atoms with van der Waals surface area (Å²) in [5.74, 6) is -0.804. The molecule has 0 aliphatic heterocycles. The van der Waals surface area contributed by atoms with Gasteiger partial charge in [-0.1, -0.05) is 12.1 Å². The molecule has 0 bridgehead atoms. The molecule has 0 atom stereocenters. The number of anilines is 2. The fourth-order valence-corrected chi connectivity index (χ4v) is 2.92. The van der Waals surface area contributed by atoms with Crippen molar-refractivity contribution >= 4 is 23.1 Å². The van der Waals surface area contributed by atoms with Crippen molar-refractivity contribution in [1.82, 2.24) is 19.8 Å². The van der Waals surface area contributed by atoms with E-state index in [0.717, 1.165) is 6.07 Å². The number of halogens is 4. The Balaban J connectivity index is 1.52. The van der Waals surface area contributed by atoms with E-state index in [0.29, 0.717) is 40.5 Å². The molecule has 0 radical (unpaired) electrons. The number of aryl methyl sites for hydroxylation is 1. The Morgan fingerprint density at radius 1 is 0.968 bits per heavy atom. The van der Waals surface area contributed by atoms with Gasteiger partial charge in [0.2, 0.25) is 0 Å². The topological polar surface area (TPSA) is 84.2 Å². The molecule has 2 aromatic carbocycles. The third-order valence-electron chi connectivity index (χ3n) is 4.36. The lowest BCUT2D eigenvalue weighted by atomic mass is 10.1. The summed E-state index contributed by atoms with van der Waals surface area (Å²) in [7, 11) is 0. The zero-order valence-electron chi connectivity index (χ0n) is 15.9. The van der Waals surface area contributed by atoms with Crippen LogP contribution in [0.1, 0.15) is 11.4 Å². The molecule has 0 aliphatic rings. The Morgan fingerprint density at radius 2 is 1.71 bits per heavy atom. The zero-order chi connectivity index (χ0) is 22.2. The third-order valence-corrected chi connectivity index (χ3v) is 4.36. The van der Waals surface area contributed by atoms with E-state index in [4.69, 9.17) is 0 Å². The maximum atomic E-state index is 13.4. The van der Waals surface area contributed by atoms with Gasteiger partial charge in [0.1, 0.15) is 5.82 Å². The van der Waals surface area contributed by atoms with Gasteiger partial charge < -0.3 is 10.6 Å². The van der Waals surface area contributed by atoms with Crippen molar-refractivity contribution < 1.29 is 22.4 Å². The number of alkyl halides is 3. The largest absolute Gasteiger partial charge is 0.419 e.